The van der Waals surface area contributed by atoms with Crippen LogP contribution in [-0.2, 0) is 0 Å². The summed E-state index contributed by atoms with van der Waals surface area (Å²) < 4.78 is 82.5. The molecule has 0 fully saturated rings. The lowest BCUT2D eigenvalue weighted by Gasteiger charge is -2.24. The summed E-state index contributed by atoms with van der Waals surface area (Å²) in [6.07, 6.45) is -13.9. The van der Waals surface area contributed by atoms with Crippen LogP contribution < -0.4 is 0 Å². The summed E-state index contributed by atoms with van der Waals surface area (Å²) in [6, 6.07) is 0. The SMILES string of the molecule is [CH2]CC(F)[C@H](F)C(F)(F)C(F)(F)F. The second kappa shape index (κ2) is 3.71. The predicted octanol–water partition coefficient (Wildman–Crippen LogP) is 3.08. The zero-order chi connectivity index (χ0) is 10.9. The van der Waals surface area contributed by atoms with Crippen molar-refractivity contribution in [1.29, 1.82) is 0 Å². The van der Waals surface area contributed by atoms with Crippen molar-refractivity contribution in [3.05, 3.63) is 6.92 Å². The molecular formula is C6H6F7. The highest BCUT2D eigenvalue weighted by Crippen LogP contribution is 2.41. The van der Waals surface area contributed by atoms with Gasteiger partial charge in [0.1, 0.15) is 6.17 Å². The number of hydrogen-bond donors (Lipinski definition) is 0. The largest absolute Gasteiger partial charge is 0.456 e. The van der Waals surface area contributed by atoms with Gasteiger partial charge >= 0.3 is 12.1 Å². The maximum absolute atomic E-state index is 12.2. The van der Waals surface area contributed by atoms with E-state index >= 15 is 0 Å². The molecule has 0 N–H and O–H groups in total. The van der Waals surface area contributed by atoms with Crippen molar-refractivity contribution >= 4 is 0 Å². The van der Waals surface area contributed by atoms with Crippen LogP contribution in [0.4, 0.5) is 30.7 Å². The Kier molecular flexibility index (Phi) is 3.57. The minimum atomic E-state index is -6.08. The van der Waals surface area contributed by atoms with E-state index in [2.05, 4.69) is 6.92 Å². The van der Waals surface area contributed by atoms with Crippen molar-refractivity contribution in [2.75, 3.05) is 0 Å². The van der Waals surface area contributed by atoms with Gasteiger partial charge in [0.2, 0.25) is 6.17 Å². The molecular weight excluding hydrogens is 205 g/mol. The molecule has 0 bridgehead atoms. The third-order valence-corrected chi connectivity index (χ3v) is 1.32. The first-order valence-corrected chi connectivity index (χ1v) is 3.16. The van der Waals surface area contributed by atoms with Gasteiger partial charge in [0, 0.05) is 0 Å². The highest BCUT2D eigenvalue weighted by Gasteiger charge is 2.65. The van der Waals surface area contributed by atoms with E-state index in [1.165, 1.54) is 0 Å². The molecule has 0 saturated heterocycles. The molecule has 2 atom stereocenters. The summed E-state index contributed by atoms with van der Waals surface area (Å²) in [5, 5.41) is 0. The number of hydrogen-bond acceptors (Lipinski definition) is 0. The van der Waals surface area contributed by atoms with Crippen molar-refractivity contribution in [1.82, 2.24) is 0 Å². The zero-order valence-corrected chi connectivity index (χ0v) is 6.21. The summed E-state index contributed by atoms with van der Waals surface area (Å²) in [5.41, 5.74) is 0. The third-order valence-electron chi connectivity index (χ3n) is 1.32. The highest BCUT2D eigenvalue weighted by atomic mass is 19.4. The normalized spacial score (nSPS) is 18.5. The Morgan fingerprint density at radius 2 is 1.38 bits per heavy atom. The van der Waals surface area contributed by atoms with Crippen molar-refractivity contribution in [2.24, 2.45) is 0 Å². The van der Waals surface area contributed by atoms with Gasteiger partial charge in [0.25, 0.3) is 0 Å². The highest BCUT2D eigenvalue weighted by molar-refractivity contribution is 4.89. The van der Waals surface area contributed by atoms with Crippen LogP contribution in [0.1, 0.15) is 6.42 Å². The molecule has 0 amide bonds. The smallest absolute Gasteiger partial charge is 0.244 e. The Bertz CT molecular complexity index is 161. The Morgan fingerprint density at radius 1 is 1.00 bits per heavy atom. The molecule has 13 heavy (non-hydrogen) atoms. The van der Waals surface area contributed by atoms with Crippen LogP contribution in [0.2, 0.25) is 0 Å². The minimum absolute atomic E-state index is 0.979. The molecule has 0 aromatic rings. The lowest BCUT2D eigenvalue weighted by atomic mass is 10.1. The van der Waals surface area contributed by atoms with Crippen LogP contribution in [-0.4, -0.2) is 24.4 Å². The van der Waals surface area contributed by atoms with E-state index in [4.69, 9.17) is 0 Å². The van der Waals surface area contributed by atoms with E-state index < -0.39 is 30.9 Å². The maximum atomic E-state index is 12.2. The van der Waals surface area contributed by atoms with Crippen LogP contribution in [0, 0.1) is 6.92 Å². The Hall–Kier alpha value is -0.490. The summed E-state index contributed by atoms with van der Waals surface area (Å²) in [5.74, 6) is -5.66. The van der Waals surface area contributed by atoms with Crippen molar-refractivity contribution in [2.45, 2.75) is 30.9 Å². The minimum Gasteiger partial charge on any atom is -0.244 e. The Morgan fingerprint density at radius 3 is 1.62 bits per heavy atom. The first-order valence-electron chi connectivity index (χ1n) is 3.16. The first-order chi connectivity index (χ1) is 5.64. The molecule has 0 rings (SSSR count). The summed E-state index contributed by atoms with van der Waals surface area (Å²) in [6.45, 7) is 2.69. The van der Waals surface area contributed by atoms with Crippen LogP contribution in [0.25, 0.3) is 0 Å². The van der Waals surface area contributed by atoms with Crippen molar-refractivity contribution < 1.29 is 30.7 Å². The fourth-order valence-electron chi connectivity index (χ4n) is 0.530. The molecule has 0 aliphatic heterocycles. The number of alkyl halides is 7. The fourth-order valence-corrected chi connectivity index (χ4v) is 0.530. The van der Waals surface area contributed by atoms with Crippen LogP contribution in [0.3, 0.4) is 0 Å². The molecule has 1 unspecified atom stereocenters. The standard InChI is InChI=1S/C6H6F7/c1-2-3(7)4(8)5(9,10)6(11,12)13/h3-4H,1-2H2/t3?,4-/m0/s1. The molecule has 79 valence electrons. The number of rotatable bonds is 3. The average molecular weight is 211 g/mol. The van der Waals surface area contributed by atoms with Crippen LogP contribution >= 0.6 is 0 Å². The Balaban J connectivity index is 4.63. The second-order valence-corrected chi connectivity index (χ2v) is 2.33. The topological polar surface area (TPSA) is 0 Å². The molecule has 0 spiro atoms. The van der Waals surface area contributed by atoms with E-state index in [-0.39, 0.29) is 0 Å². The Labute approximate surface area is 69.7 Å². The van der Waals surface area contributed by atoms with Gasteiger partial charge in [0.15, 0.2) is 0 Å². The molecule has 0 saturated carbocycles. The number of halogens is 7. The summed E-state index contributed by atoms with van der Waals surface area (Å²) in [7, 11) is 0. The molecule has 1 radical (unpaired) electrons. The second-order valence-electron chi connectivity index (χ2n) is 2.33. The van der Waals surface area contributed by atoms with Gasteiger partial charge in [-0.15, -0.1) is 0 Å². The molecule has 0 heterocycles. The van der Waals surface area contributed by atoms with Gasteiger partial charge in [-0.25, -0.2) is 8.78 Å². The van der Waals surface area contributed by atoms with Gasteiger partial charge in [-0.05, 0) is 6.42 Å². The monoisotopic (exact) mass is 211 g/mol. The van der Waals surface area contributed by atoms with E-state index in [0.29, 0.717) is 0 Å². The van der Waals surface area contributed by atoms with E-state index in [1.807, 2.05) is 0 Å². The predicted molar refractivity (Wildman–Crippen MR) is 30.8 cm³/mol. The van der Waals surface area contributed by atoms with Crippen LogP contribution in [0.15, 0.2) is 0 Å². The summed E-state index contributed by atoms with van der Waals surface area (Å²) in [4.78, 5) is 0. The lowest BCUT2D eigenvalue weighted by Crippen LogP contribution is -2.48. The fraction of sp³-hybridized carbons (Fsp3) is 0.833. The third kappa shape index (κ3) is 2.47. The average Bonchev–Trinajstić information content (AvgIpc) is 1.99. The summed E-state index contributed by atoms with van der Waals surface area (Å²) >= 11 is 0. The van der Waals surface area contributed by atoms with E-state index in [1.54, 1.807) is 0 Å². The van der Waals surface area contributed by atoms with Crippen molar-refractivity contribution in [3.8, 4) is 0 Å². The van der Waals surface area contributed by atoms with Gasteiger partial charge in [0.05, 0.1) is 0 Å². The molecule has 0 aromatic heterocycles. The van der Waals surface area contributed by atoms with Gasteiger partial charge in [-0.2, -0.15) is 22.0 Å². The molecule has 0 aromatic carbocycles. The molecule has 7 heteroatoms. The zero-order valence-electron chi connectivity index (χ0n) is 6.21. The first kappa shape index (κ1) is 12.5. The lowest BCUT2D eigenvalue weighted by molar-refractivity contribution is -0.309. The molecule has 0 nitrogen and oxygen atoms in total. The molecule has 0 aliphatic carbocycles. The quantitative estimate of drug-likeness (QED) is 0.629. The van der Waals surface area contributed by atoms with E-state index in [0.717, 1.165) is 0 Å². The maximum Gasteiger partial charge on any atom is 0.456 e. The van der Waals surface area contributed by atoms with Gasteiger partial charge in [-0.3, -0.25) is 0 Å². The van der Waals surface area contributed by atoms with Gasteiger partial charge < -0.3 is 0 Å². The van der Waals surface area contributed by atoms with Crippen molar-refractivity contribution in [3.63, 3.8) is 0 Å². The van der Waals surface area contributed by atoms with Gasteiger partial charge in [-0.1, -0.05) is 6.92 Å². The van der Waals surface area contributed by atoms with E-state index in [9.17, 15) is 30.7 Å². The van der Waals surface area contributed by atoms with Crippen LogP contribution in [0.5, 0.6) is 0 Å². The molecule has 0 aliphatic rings.